The molecule has 2 rings (SSSR count). The molecule has 3 N–H and O–H groups in total. The predicted molar refractivity (Wildman–Crippen MR) is 76.4 cm³/mol. The molecule has 1 aromatic carbocycles. The molecule has 20 heavy (non-hydrogen) atoms. The third-order valence-corrected chi connectivity index (χ3v) is 2.75. The van der Waals surface area contributed by atoms with Crippen molar-refractivity contribution in [1.29, 1.82) is 0 Å². The maximum atomic E-state index is 11.7. The minimum atomic E-state index is -0.281. The van der Waals surface area contributed by atoms with Gasteiger partial charge in [-0.3, -0.25) is 4.79 Å². The zero-order chi connectivity index (χ0) is 14.5. The van der Waals surface area contributed by atoms with Crippen LogP contribution in [0.15, 0.2) is 30.5 Å². The van der Waals surface area contributed by atoms with Gasteiger partial charge in [0.25, 0.3) is 5.91 Å². The summed E-state index contributed by atoms with van der Waals surface area (Å²) >= 11 is 0. The van der Waals surface area contributed by atoms with Gasteiger partial charge in [0.2, 0.25) is 0 Å². The van der Waals surface area contributed by atoms with Crippen molar-refractivity contribution >= 4 is 11.7 Å². The number of ether oxygens (including phenoxy) is 1. The van der Waals surface area contributed by atoms with Crippen molar-refractivity contribution in [1.82, 2.24) is 15.3 Å². The third kappa shape index (κ3) is 2.69. The number of benzene rings is 1. The van der Waals surface area contributed by atoms with Crippen LogP contribution in [0, 0.1) is 0 Å². The van der Waals surface area contributed by atoms with Crippen LogP contribution < -0.4 is 15.8 Å². The third-order valence-electron chi connectivity index (χ3n) is 2.75. The Kier molecular flexibility index (Phi) is 4.14. The predicted octanol–water partition coefficient (Wildman–Crippen LogP) is 1.48. The van der Waals surface area contributed by atoms with E-state index in [4.69, 9.17) is 10.5 Å². The largest absolute Gasteiger partial charge is 0.496 e. The molecule has 0 saturated heterocycles. The van der Waals surface area contributed by atoms with Gasteiger partial charge in [-0.25, -0.2) is 9.97 Å². The number of nitrogens with zero attached hydrogens (tertiary/aromatic N) is 2. The molecule has 104 valence electrons. The minimum Gasteiger partial charge on any atom is -0.496 e. The normalized spacial score (nSPS) is 10.1. The van der Waals surface area contributed by atoms with Crippen LogP contribution in [-0.2, 0) is 0 Å². The lowest BCUT2D eigenvalue weighted by Crippen LogP contribution is -2.24. The summed E-state index contributed by atoms with van der Waals surface area (Å²) in [7, 11) is 1.57. The molecule has 0 aliphatic carbocycles. The number of nitrogen functional groups attached to an aromatic ring is 1. The SMILES string of the molecule is CCNC(=O)c1cnc(-c2ccccc2OC)nc1N. The van der Waals surface area contributed by atoms with Crippen molar-refractivity contribution in [2.45, 2.75) is 6.92 Å². The molecule has 0 atom stereocenters. The van der Waals surface area contributed by atoms with E-state index in [1.807, 2.05) is 31.2 Å². The molecular formula is C14H16N4O2. The van der Waals surface area contributed by atoms with Crippen LogP contribution in [0.5, 0.6) is 5.75 Å². The lowest BCUT2D eigenvalue weighted by molar-refractivity contribution is 0.0956. The maximum Gasteiger partial charge on any atom is 0.256 e. The van der Waals surface area contributed by atoms with Crippen molar-refractivity contribution in [3.8, 4) is 17.1 Å². The van der Waals surface area contributed by atoms with E-state index in [1.54, 1.807) is 7.11 Å². The van der Waals surface area contributed by atoms with Crippen LogP contribution >= 0.6 is 0 Å². The van der Waals surface area contributed by atoms with Gasteiger partial charge in [0.1, 0.15) is 11.6 Å². The average Bonchev–Trinajstić information content (AvgIpc) is 2.47. The van der Waals surface area contributed by atoms with Gasteiger partial charge in [-0.1, -0.05) is 12.1 Å². The summed E-state index contributed by atoms with van der Waals surface area (Å²) in [5.41, 5.74) is 6.82. The molecule has 0 bridgehead atoms. The fourth-order valence-electron chi connectivity index (χ4n) is 1.78. The molecule has 1 aromatic heterocycles. The van der Waals surface area contributed by atoms with Gasteiger partial charge in [-0.2, -0.15) is 0 Å². The van der Waals surface area contributed by atoms with Gasteiger partial charge in [0.05, 0.1) is 18.2 Å². The standard InChI is InChI=1S/C14H16N4O2/c1-3-16-14(19)10-8-17-13(18-12(10)15)9-6-4-5-7-11(9)20-2/h4-8H,3H2,1-2H3,(H,16,19)(H2,15,17,18). The zero-order valence-electron chi connectivity index (χ0n) is 11.4. The Hall–Kier alpha value is -2.63. The molecule has 0 radical (unpaired) electrons. The number of rotatable bonds is 4. The number of hydrogen-bond donors (Lipinski definition) is 2. The molecule has 0 spiro atoms. The molecule has 6 nitrogen and oxygen atoms in total. The van der Waals surface area contributed by atoms with E-state index in [-0.39, 0.29) is 17.3 Å². The Morgan fingerprint density at radius 3 is 2.80 bits per heavy atom. The molecule has 1 heterocycles. The van der Waals surface area contributed by atoms with E-state index in [9.17, 15) is 4.79 Å². The van der Waals surface area contributed by atoms with Crippen LogP contribution in [0.2, 0.25) is 0 Å². The first-order chi connectivity index (χ1) is 9.67. The zero-order valence-corrected chi connectivity index (χ0v) is 11.4. The van der Waals surface area contributed by atoms with Gasteiger partial charge >= 0.3 is 0 Å². The first kappa shape index (κ1) is 13.8. The van der Waals surface area contributed by atoms with Gasteiger partial charge < -0.3 is 15.8 Å². The summed E-state index contributed by atoms with van der Waals surface area (Å²) in [4.78, 5) is 20.1. The second kappa shape index (κ2) is 6.01. The highest BCUT2D eigenvalue weighted by atomic mass is 16.5. The quantitative estimate of drug-likeness (QED) is 0.880. The number of carbonyl (C=O) groups is 1. The van der Waals surface area contributed by atoms with Crippen molar-refractivity contribution in [2.75, 3.05) is 19.4 Å². The Labute approximate surface area is 117 Å². The van der Waals surface area contributed by atoms with Gasteiger partial charge in [-0.05, 0) is 19.1 Å². The molecule has 0 aliphatic rings. The number of nitrogens with one attached hydrogen (secondary N) is 1. The Morgan fingerprint density at radius 1 is 1.40 bits per heavy atom. The number of aromatic nitrogens is 2. The van der Waals surface area contributed by atoms with E-state index < -0.39 is 0 Å². The smallest absolute Gasteiger partial charge is 0.256 e. The van der Waals surface area contributed by atoms with E-state index in [0.29, 0.717) is 18.1 Å². The highest BCUT2D eigenvalue weighted by Gasteiger charge is 2.14. The summed E-state index contributed by atoms with van der Waals surface area (Å²) in [5.74, 6) is 0.939. The summed E-state index contributed by atoms with van der Waals surface area (Å²) in [6, 6.07) is 7.36. The summed E-state index contributed by atoms with van der Waals surface area (Å²) < 4.78 is 5.26. The second-order valence-corrected chi connectivity index (χ2v) is 4.05. The van der Waals surface area contributed by atoms with Crippen LogP contribution in [0.4, 0.5) is 5.82 Å². The Balaban J connectivity index is 2.41. The first-order valence-corrected chi connectivity index (χ1v) is 6.21. The minimum absolute atomic E-state index is 0.145. The molecule has 0 unspecified atom stereocenters. The number of anilines is 1. The maximum absolute atomic E-state index is 11.7. The topological polar surface area (TPSA) is 90.1 Å². The lowest BCUT2D eigenvalue weighted by atomic mass is 10.2. The van der Waals surface area contributed by atoms with E-state index in [1.165, 1.54) is 6.20 Å². The molecule has 0 aliphatic heterocycles. The number of methoxy groups -OCH3 is 1. The molecule has 6 heteroatoms. The fraction of sp³-hybridized carbons (Fsp3) is 0.214. The van der Waals surface area contributed by atoms with Crippen LogP contribution in [0.1, 0.15) is 17.3 Å². The van der Waals surface area contributed by atoms with Crippen LogP contribution in [0.25, 0.3) is 11.4 Å². The number of para-hydroxylation sites is 1. The van der Waals surface area contributed by atoms with E-state index in [2.05, 4.69) is 15.3 Å². The van der Waals surface area contributed by atoms with Crippen LogP contribution in [0.3, 0.4) is 0 Å². The first-order valence-electron chi connectivity index (χ1n) is 6.21. The lowest BCUT2D eigenvalue weighted by Gasteiger charge is -2.09. The van der Waals surface area contributed by atoms with Crippen molar-refractivity contribution < 1.29 is 9.53 Å². The Morgan fingerprint density at radius 2 is 2.15 bits per heavy atom. The van der Waals surface area contributed by atoms with Crippen molar-refractivity contribution in [2.24, 2.45) is 0 Å². The number of carbonyl (C=O) groups excluding carboxylic acids is 1. The van der Waals surface area contributed by atoms with Gasteiger partial charge in [0.15, 0.2) is 5.82 Å². The number of amides is 1. The molecular weight excluding hydrogens is 256 g/mol. The number of nitrogens with two attached hydrogens (primary N) is 1. The van der Waals surface area contributed by atoms with E-state index >= 15 is 0 Å². The highest BCUT2D eigenvalue weighted by Crippen LogP contribution is 2.27. The van der Waals surface area contributed by atoms with Crippen LogP contribution in [-0.4, -0.2) is 29.5 Å². The second-order valence-electron chi connectivity index (χ2n) is 4.05. The van der Waals surface area contributed by atoms with Crippen molar-refractivity contribution in [3.63, 3.8) is 0 Å². The molecule has 1 amide bonds. The Bertz CT molecular complexity index is 628. The van der Waals surface area contributed by atoms with Crippen molar-refractivity contribution in [3.05, 3.63) is 36.0 Å². The van der Waals surface area contributed by atoms with Gasteiger partial charge in [0, 0.05) is 12.7 Å². The summed E-state index contributed by atoms with van der Waals surface area (Å²) in [5, 5.41) is 2.66. The fourth-order valence-corrected chi connectivity index (χ4v) is 1.78. The van der Waals surface area contributed by atoms with E-state index in [0.717, 1.165) is 5.56 Å². The molecule has 2 aromatic rings. The molecule has 0 saturated carbocycles. The summed E-state index contributed by atoms with van der Waals surface area (Å²) in [6.45, 7) is 2.35. The average molecular weight is 272 g/mol. The monoisotopic (exact) mass is 272 g/mol. The molecule has 0 fully saturated rings. The highest BCUT2D eigenvalue weighted by molar-refractivity contribution is 5.98. The van der Waals surface area contributed by atoms with Gasteiger partial charge in [-0.15, -0.1) is 0 Å². The summed E-state index contributed by atoms with van der Waals surface area (Å²) in [6.07, 6.45) is 1.43. The number of hydrogen-bond acceptors (Lipinski definition) is 5.